The summed E-state index contributed by atoms with van der Waals surface area (Å²) in [5.74, 6) is 0.893. The van der Waals surface area contributed by atoms with Crippen LogP contribution in [0.2, 0.25) is 0 Å². The van der Waals surface area contributed by atoms with Gasteiger partial charge < -0.3 is 4.42 Å². The van der Waals surface area contributed by atoms with Gasteiger partial charge in [-0.1, -0.05) is 0 Å². The molecule has 4 heteroatoms. The molecule has 1 atom stereocenters. The third kappa shape index (κ3) is 1.25. The Kier molecular flexibility index (Phi) is 1.91. The first-order chi connectivity index (χ1) is 5.88. The molecule has 0 aliphatic carbocycles. The Labute approximate surface area is 74.1 Å². The van der Waals surface area contributed by atoms with Gasteiger partial charge in [0, 0.05) is 11.6 Å². The highest BCUT2D eigenvalue weighted by atomic mass is 32.1. The maximum atomic E-state index is 5.17. The van der Waals surface area contributed by atoms with Gasteiger partial charge in [0.05, 0.1) is 12.1 Å². The van der Waals surface area contributed by atoms with Crippen LogP contribution in [0.3, 0.4) is 0 Å². The van der Waals surface area contributed by atoms with E-state index < -0.39 is 0 Å². The molecule has 2 rings (SSSR count). The van der Waals surface area contributed by atoms with Crippen molar-refractivity contribution in [2.24, 2.45) is 0 Å². The predicted octanol–water partition coefficient (Wildman–Crippen LogP) is 2.28. The molecule has 0 fully saturated rings. The van der Waals surface area contributed by atoms with Crippen LogP contribution in [0.25, 0.3) is 0 Å². The molecule has 1 unspecified atom stereocenters. The van der Waals surface area contributed by atoms with Gasteiger partial charge in [0.15, 0.2) is 0 Å². The number of oxazole rings is 1. The Morgan fingerprint density at radius 1 is 1.42 bits per heavy atom. The van der Waals surface area contributed by atoms with E-state index in [1.807, 2.05) is 12.3 Å². The van der Waals surface area contributed by atoms with Crippen molar-refractivity contribution in [3.63, 3.8) is 0 Å². The number of thiazole rings is 1. The van der Waals surface area contributed by atoms with Crippen molar-refractivity contribution in [2.45, 2.75) is 12.8 Å². The maximum absolute atomic E-state index is 5.17. The van der Waals surface area contributed by atoms with E-state index in [-0.39, 0.29) is 5.92 Å². The summed E-state index contributed by atoms with van der Waals surface area (Å²) in [6, 6.07) is 0. The third-order valence-corrected chi connectivity index (χ3v) is 2.60. The van der Waals surface area contributed by atoms with Crippen molar-refractivity contribution < 1.29 is 4.42 Å². The molecule has 0 N–H and O–H groups in total. The zero-order valence-electron chi connectivity index (χ0n) is 6.60. The number of rotatable bonds is 2. The van der Waals surface area contributed by atoms with Crippen molar-refractivity contribution in [1.82, 2.24) is 9.97 Å². The molecule has 0 aromatic carbocycles. The number of aromatic nitrogens is 2. The van der Waals surface area contributed by atoms with E-state index in [0.29, 0.717) is 0 Å². The second-order valence-corrected chi connectivity index (χ2v) is 3.39. The average molecular weight is 180 g/mol. The first kappa shape index (κ1) is 7.49. The fourth-order valence-corrected chi connectivity index (χ4v) is 1.69. The van der Waals surface area contributed by atoms with E-state index >= 15 is 0 Å². The van der Waals surface area contributed by atoms with Crippen LogP contribution in [-0.4, -0.2) is 9.97 Å². The van der Waals surface area contributed by atoms with E-state index in [1.165, 1.54) is 0 Å². The molecular formula is C8H8N2OS. The Bertz CT molecular complexity index is 294. The summed E-state index contributed by atoms with van der Waals surface area (Å²) in [4.78, 5) is 8.26. The second kappa shape index (κ2) is 3.06. The summed E-state index contributed by atoms with van der Waals surface area (Å²) in [7, 11) is 0. The fraction of sp³-hybridized carbons (Fsp3) is 0.250. The molecular weight excluding hydrogens is 172 g/mol. The van der Waals surface area contributed by atoms with Crippen LogP contribution in [0, 0.1) is 0 Å². The first-order valence-corrected chi connectivity index (χ1v) is 4.54. The quantitative estimate of drug-likeness (QED) is 0.711. The van der Waals surface area contributed by atoms with Crippen LogP contribution in [0.15, 0.2) is 28.5 Å². The summed E-state index contributed by atoms with van der Waals surface area (Å²) < 4.78 is 5.17. The molecule has 62 valence electrons. The Hall–Kier alpha value is -1.16. The molecule has 0 spiro atoms. The van der Waals surface area contributed by atoms with Crippen LogP contribution in [0.4, 0.5) is 0 Å². The minimum Gasteiger partial charge on any atom is -0.448 e. The van der Waals surface area contributed by atoms with Gasteiger partial charge in [0.25, 0.3) is 0 Å². The number of hydrogen-bond acceptors (Lipinski definition) is 4. The highest BCUT2D eigenvalue weighted by Crippen LogP contribution is 2.23. The maximum Gasteiger partial charge on any atom is 0.203 e. The fourth-order valence-electron chi connectivity index (χ4n) is 1.00. The van der Waals surface area contributed by atoms with Crippen LogP contribution in [0.1, 0.15) is 23.7 Å². The molecule has 0 aliphatic heterocycles. The van der Waals surface area contributed by atoms with Crippen LogP contribution < -0.4 is 0 Å². The van der Waals surface area contributed by atoms with Gasteiger partial charge in [0.2, 0.25) is 5.89 Å². The smallest absolute Gasteiger partial charge is 0.203 e. The van der Waals surface area contributed by atoms with Crippen LogP contribution in [0.5, 0.6) is 0 Å². The molecule has 0 saturated carbocycles. The van der Waals surface area contributed by atoms with Gasteiger partial charge >= 0.3 is 0 Å². The SMILES string of the molecule is CC(c1ncco1)c1nccs1. The minimum atomic E-state index is 0.167. The summed E-state index contributed by atoms with van der Waals surface area (Å²) in [5, 5.41) is 2.99. The van der Waals surface area contributed by atoms with Crippen molar-refractivity contribution >= 4 is 11.3 Å². The van der Waals surface area contributed by atoms with E-state index in [1.54, 1.807) is 30.0 Å². The first-order valence-electron chi connectivity index (χ1n) is 3.66. The summed E-state index contributed by atoms with van der Waals surface area (Å²) in [5.41, 5.74) is 0. The topological polar surface area (TPSA) is 38.9 Å². The molecule has 0 saturated heterocycles. The molecule has 2 aromatic heterocycles. The highest BCUT2D eigenvalue weighted by Gasteiger charge is 2.14. The average Bonchev–Trinajstić information content (AvgIpc) is 2.77. The Morgan fingerprint density at radius 3 is 2.92 bits per heavy atom. The molecule has 2 heterocycles. The van der Waals surface area contributed by atoms with Gasteiger partial charge in [-0.2, -0.15) is 0 Å². The van der Waals surface area contributed by atoms with Crippen molar-refractivity contribution in [1.29, 1.82) is 0 Å². The zero-order valence-corrected chi connectivity index (χ0v) is 7.41. The standard InChI is InChI=1S/C8H8N2OS/c1-6(7-9-2-4-11-7)8-10-3-5-12-8/h2-6H,1H3. The van der Waals surface area contributed by atoms with Crippen molar-refractivity contribution in [2.75, 3.05) is 0 Å². The van der Waals surface area contributed by atoms with E-state index in [2.05, 4.69) is 9.97 Å². The molecule has 2 aromatic rings. The number of nitrogens with zero attached hydrogens (tertiary/aromatic N) is 2. The minimum absolute atomic E-state index is 0.167. The predicted molar refractivity (Wildman–Crippen MR) is 46.1 cm³/mol. The van der Waals surface area contributed by atoms with Gasteiger partial charge in [-0.05, 0) is 6.92 Å². The largest absolute Gasteiger partial charge is 0.448 e. The molecule has 0 amide bonds. The van der Waals surface area contributed by atoms with Gasteiger partial charge in [-0.15, -0.1) is 11.3 Å². The van der Waals surface area contributed by atoms with Crippen LogP contribution in [-0.2, 0) is 0 Å². The molecule has 0 aliphatic rings. The lowest BCUT2D eigenvalue weighted by atomic mass is 10.2. The second-order valence-electron chi connectivity index (χ2n) is 2.46. The van der Waals surface area contributed by atoms with Gasteiger partial charge in [-0.25, -0.2) is 9.97 Å². The molecule has 0 bridgehead atoms. The van der Waals surface area contributed by atoms with E-state index in [4.69, 9.17) is 4.42 Å². The monoisotopic (exact) mass is 180 g/mol. The van der Waals surface area contributed by atoms with Crippen LogP contribution >= 0.6 is 11.3 Å². The molecule has 3 nitrogen and oxygen atoms in total. The number of hydrogen-bond donors (Lipinski definition) is 0. The zero-order chi connectivity index (χ0) is 8.39. The molecule has 12 heavy (non-hydrogen) atoms. The lowest BCUT2D eigenvalue weighted by molar-refractivity contribution is 0.479. The lowest BCUT2D eigenvalue weighted by Crippen LogP contribution is -1.94. The normalized spacial score (nSPS) is 13.1. The summed E-state index contributed by atoms with van der Waals surface area (Å²) >= 11 is 1.62. The summed E-state index contributed by atoms with van der Waals surface area (Å²) in [6.07, 6.45) is 5.03. The lowest BCUT2D eigenvalue weighted by Gasteiger charge is -2.00. The Morgan fingerprint density at radius 2 is 2.33 bits per heavy atom. The van der Waals surface area contributed by atoms with Crippen molar-refractivity contribution in [3.8, 4) is 0 Å². The Balaban J connectivity index is 2.27. The highest BCUT2D eigenvalue weighted by molar-refractivity contribution is 7.09. The van der Waals surface area contributed by atoms with E-state index in [9.17, 15) is 0 Å². The summed E-state index contributed by atoms with van der Waals surface area (Å²) in [6.45, 7) is 2.03. The van der Waals surface area contributed by atoms with E-state index in [0.717, 1.165) is 10.9 Å². The van der Waals surface area contributed by atoms with Gasteiger partial charge in [0.1, 0.15) is 11.3 Å². The molecule has 0 radical (unpaired) electrons. The van der Waals surface area contributed by atoms with Crippen molar-refractivity contribution in [3.05, 3.63) is 34.9 Å². The van der Waals surface area contributed by atoms with Gasteiger partial charge in [-0.3, -0.25) is 0 Å². The third-order valence-electron chi connectivity index (χ3n) is 1.64.